The predicted molar refractivity (Wildman–Crippen MR) is 199 cm³/mol. The quantitative estimate of drug-likeness (QED) is 0.0943. The van der Waals surface area contributed by atoms with Crippen LogP contribution < -0.4 is 33.2 Å². The number of hydrogen-bond donors (Lipinski definition) is 6. The van der Waals surface area contributed by atoms with Gasteiger partial charge in [0.1, 0.15) is 16.9 Å². The topological polar surface area (TPSA) is 267 Å². The number of aromatic nitrogens is 9. The second kappa shape index (κ2) is 14.3. The van der Waals surface area contributed by atoms with Crippen molar-refractivity contribution in [3.8, 4) is 0 Å². The highest BCUT2D eigenvalue weighted by molar-refractivity contribution is 6.07. The minimum atomic E-state index is -0.678. The van der Waals surface area contributed by atoms with Gasteiger partial charge in [-0.05, 0) is 52.0 Å². The van der Waals surface area contributed by atoms with E-state index in [9.17, 15) is 19.2 Å². The second-order valence-electron chi connectivity index (χ2n) is 12.1. The fraction of sp³-hybridized carbons (Fsp3) is 0.265. The molecular weight excluding hydrogens is 682 g/mol. The van der Waals surface area contributed by atoms with Gasteiger partial charge in [0.15, 0.2) is 5.65 Å². The number of nitrogens with one attached hydrogen (secondary N) is 3. The van der Waals surface area contributed by atoms with Gasteiger partial charge in [0, 0.05) is 45.0 Å². The molecule has 1 aromatic carbocycles. The summed E-state index contributed by atoms with van der Waals surface area (Å²) >= 11 is 0. The van der Waals surface area contributed by atoms with Gasteiger partial charge in [-0.25, -0.2) is 15.0 Å². The van der Waals surface area contributed by atoms with Gasteiger partial charge in [-0.3, -0.25) is 43.7 Å². The Kier molecular flexibility index (Phi) is 9.64. The van der Waals surface area contributed by atoms with Gasteiger partial charge in [-0.2, -0.15) is 10.2 Å². The zero-order valence-electron chi connectivity index (χ0n) is 29.8. The monoisotopic (exact) mass is 721 g/mol. The average Bonchev–Trinajstić information content (AvgIpc) is 3.86. The van der Waals surface area contributed by atoms with Crippen molar-refractivity contribution in [1.82, 2.24) is 43.6 Å². The number of nitrogens with zero attached hydrogens (tertiary/aromatic N) is 9. The molecule has 9 N–H and O–H groups in total. The number of primary amides is 2. The van der Waals surface area contributed by atoms with Gasteiger partial charge in [0.05, 0.1) is 39.4 Å². The van der Waals surface area contributed by atoms with Crippen LogP contribution in [0.15, 0.2) is 42.6 Å². The molecule has 0 aliphatic rings. The van der Waals surface area contributed by atoms with Crippen molar-refractivity contribution in [2.24, 2.45) is 11.5 Å². The number of imidazole rings is 2. The van der Waals surface area contributed by atoms with Crippen LogP contribution in [0, 0.1) is 13.8 Å². The average molecular weight is 722 g/mol. The molecule has 0 saturated carbocycles. The molecule has 0 aliphatic carbocycles. The van der Waals surface area contributed by atoms with Gasteiger partial charge in [0.2, 0.25) is 23.7 Å². The van der Waals surface area contributed by atoms with Gasteiger partial charge < -0.3 is 27.1 Å². The van der Waals surface area contributed by atoms with Crippen LogP contribution in [-0.4, -0.2) is 74.3 Å². The fourth-order valence-corrected chi connectivity index (χ4v) is 6.01. The van der Waals surface area contributed by atoms with E-state index in [0.29, 0.717) is 58.1 Å². The first-order valence-corrected chi connectivity index (χ1v) is 16.7. The Balaban J connectivity index is 1.36. The number of nitrogen functional groups attached to an aromatic ring is 1. The van der Waals surface area contributed by atoms with Crippen LogP contribution in [0.2, 0.25) is 0 Å². The van der Waals surface area contributed by atoms with Crippen LogP contribution in [-0.2, 0) is 26.2 Å². The van der Waals surface area contributed by atoms with Crippen LogP contribution in [0.3, 0.4) is 0 Å². The molecule has 53 heavy (non-hydrogen) atoms. The van der Waals surface area contributed by atoms with E-state index in [4.69, 9.17) is 17.2 Å². The Morgan fingerprint density at radius 1 is 0.792 bits per heavy atom. The molecule has 5 aromatic heterocycles. The third-order valence-corrected chi connectivity index (χ3v) is 8.58. The largest absolute Gasteiger partial charge is 0.395 e. The lowest BCUT2D eigenvalue weighted by Crippen LogP contribution is -2.21. The van der Waals surface area contributed by atoms with Gasteiger partial charge in [-0.15, -0.1) is 0 Å². The summed E-state index contributed by atoms with van der Waals surface area (Å²) in [5.41, 5.74) is 22.0. The maximum atomic E-state index is 13.5. The molecule has 4 amide bonds. The van der Waals surface area contributed by atoms with Crippen molar-refractivity contribution >= 4 is 69.1 Å². The Morgan fingerprint density at radius 3 is 2.08 bits per heavy atom. The van der Waals surface area contributed by atoms with E-state index < -0.39 is 23.6 Å². The van der Waals surface area contributed by atoms with Gasteiger partial charge in [-0.1, -0.05) is 12.2 Å². The molecule has 274 valence electrons. The SMILES string of the molecule is CCn1nc(C)cc1C(=O)Nc1nc2cc(C(N)=O)cc(NC)c2n1C/C=C/Cn1c(NC(=O)c2c(N)c(C)nn2CC)nc2cc(C(N)=O)cnc21. The molecular formula is C34H39N15O4. The molecule has 5 heterocycles. The van der Waals surface area contributed by atoms with Crippen molar-refractivity contribution in [2.75, 3.05) is 28.7 Å². The highest BCUT2D eigenvalue weighted by atomic mass is 16.2. The van der Waals surface area contributed by atoms with Crippen molar-refractivity contribution in [2.45, 2.75) is 53.9 Å². The minimum absolute atomic E-state index is 0.144. The van der Waals surface area contributed by atoms with Crippen molar-refractivity contribution < 1.29 is 19.2 Å². The third kappa shape index (κ3) is 6.74. The van der Waals surface area contributed by atoms with E-state index in [1.54, 1.807) is 52.9 Å². The predicted octanol–water partition coefficient (Wildman–Crippen LogP) is 2.41. The Bertz CT molecular complexity index is 2460. The number of nitrogens with two attached hydrogens (primary N) is 3. The summed E-state index contributed by atoms with van der Waals surface area (Å²) in [5, 5.41) is 17.5. The van der Waals surface area contributed by atoms with Crippen molar-refractivity contribution in [3.63, 3.8) is 0 Å². The number of anilines is 4. The zero-order valence-corrected chi connectivity index (χ0v) is 29.8. The number of rotatable bonds is 13. The van der Waals surface area contributed by atoms with E-state index >= 15 is 0 Å². The van der Waals surface area contributed by atoms with Crippen LogP contribution in [0.5, 0.6) is 0 Å². The summed E-state index contributed by atoms with van der Waals surface area (Å²) in [4.78, 5) is 64.7. The number of benzene rings is 1. The smallest absolute Gasteiger partial charge is 0.278 e. The summed E-state index contributed by atoms with van der Waals surface area (Å²) < 4.78 is 6.54. The molecule has 0 saturated heterocycles. The van der Waals surface area contributed by atoms with E-state index in [-0.39, 0.29) is 47.5 Å². The van der Waals surface area contributed by atoms with Crippen LogP contribution in [0.1, 0.15) is 66.9 Å². The molecule has 19 nitrogen and oxygen atoms in total. The first kappa shape index (κ1) is 35.8. The summed E-state index contributed by atoms with van der Waals surface area (Å²) in [7, 11) is 1.70. The Hall–Kier alpha value is -7.05. The van der Waals surface area contributed by atoms with Crippen LogP contribution in [0.4, 0.5) is 23.3 Å². The number of carbonyl (C=O) groups excluding carboxylic acids is 4. The van der Waals surface area contributed by atoms with E-state index in [2.05, 4.69) is 41.1 Å². The van der Waals surface area contributed by atoms with E-state index in [1.807, 2.05) is 26.0 Å². The molecule has 0 radical (unpaired) electrons. The van der Waals surface area contributed by atoms with Crippen LogP contribution in [0.25, 0.3) is 22.2 Å². The molecule has 0 fully saturated rings. The van der Waals surface area contributed by atoms with Crippen molar-refractivity contribution in [3.05, 3.63) is 76.5 Å². The Morgan fingerprint density at radius 2 is 1.42 bits per heavy atom. The van der Waals surface area contributed by atoms with Gasteiger partial charge in [0.25, 0.3) is 11.8 Å². The molecule has 6 rings (SSSR count). The first-order chi connectivity index (χ1) is 25.3. The molecule has 0 bridgehead atoms. The lowest BCUT2D eigenvalue weighted by Gasteiger charge is -2.12. The highest BCUT2D eigenvalue weighted by Crippen LogP contribution is 2.30. The van der Waals surface area contributed by atoms with E-state index in [0.717, 1.165) is 0 Å². The summed E-state index contributed by atoms with van der Waals surface area (Å²) in [6.45, 7) is 8.53. The maximum Gasteiger partial charge on any atom is 0.278 e. The number of aryl methyl sites for hydroxylation is 4. The number of hydrogen-bond acceptors (Lipinski definition) is 11. The maximum absolute atomic E-state index is 13.5. The van der Waals surface area contributed by atoms with Gasteiger partial charge >= 0.3 is 0 Å². The third-order valence-electron chi connectivity index (χ3n) is 8.58. The Labute approximate surface area is 302 Å². The number of carbonyl (C=O) groups is 4. The fourth-order valence-electron chi connectivity index (χ4n) is 6.01. The lowest BCUT2D eigenvalue weighted by atomic mass is 10.1. The van der Waals surface area contributed by atoms with E-state index in [1.165, 1.54) is 16.9 Å². The number of amides is 4. The summed E-state index contributed by atoms with van der Waals surface area (Å²) in [6.07, 6.45) is 4.99. The number of pyridine rings is 1. The number of fused-ring (bicyclic) bond motifs is 2. The molecule has 0 unspecified atom stereocenters. The molecule has 0 atom stereocenters. The molecule has 0 aliphatic heterocycles. The first-order valence-electron chi connectivity index (χ1n) is 16.7. The molecule has 0 spiro atoms. The highest BCUT2D eigenvalue weighted by Gasteiger charge is 2.23. The normalized spacial score (nSPS) is 11.5. The number of allylic oxidation sites excluding steroid dienone is 2. The summed E-state index contributed by atoms with van der Waals surface area (Å²) in [6, 6.07) is 6.36. The lowest BCUT2D eigenvalue weighted by molar-refractivity contribution is 0.0992. The standard InChI is InChI=1S/C34H39N15O4/c1-6-48-24(12-17(3)44-48)31(52)42-33-40-22-14-19(28(36)50)13-21(38-5)26(22)46(33)10-8-9-11-47-30-23(15-20(16-39-30)29(37)51)41-34(47)43-32(53)27-25(35)18(4)45-49(27)7-2/h8-9,12-16,38H,6-7,10-11,35H2,1-5H3,(H2,36,50)(H2,37,51)(H,40,42,52)(H,41,43,53)/b9-8+. The zero-order chi connectivity index (χ0) is 38.1. The summed E-state index contributed by atoms with van der Waals surface area (Å²) in [5.74, 6) is -1.89. The van der Waals surface area contributed by atoms with Crippen molar-refractivity contribution in [1.29, 1.82) is 0 Å². The second-order valence-corrected chi connectivity index (χ2v) is 12.1. The molecule has 6 aromatic rings. The molecule has 19 heteroatoms. The van der Waals surface area contributed by atoms with Crippen LogP contribution >= 0.6 is 0 Å². The minimum Gasteiger partial charge on any atom is -0.395 e.